The molecule has 0 bridgehead atoms. The van der Waals surface area contributed by atoms with Crippen molar-refractivity contribution >= 4 is 7.41 Å². The van der Waals surface area contributed by atoms with E-state index in [0.717, 1.165) is 17.0 Å². The van der Waals surface area contributed by atoms with Crippen molar-refractivity contribution in [3.8, 4) is 0 Å². The van der Waals surface area contributed by atoms with E-state index in [4.69, 9.17) is 0 Å². The van der Waals surface area contributed by atoms with Gasteiger partial charge in [-0.3, -0.25) is 0 Å². The molecule has 1 aromatic rings. The van der Waals surface area contributed by atoms with Gasteiger partial charge in [-0.2, -0.15) is 0 Å². The Morgan fingerprint density at radius 2 is 1.05 bits per heavy atom. The molecule has 1 unspecified atom stereocenters. The number of rotatable bonds is 7. The van der Waals surface area contributed by atoms with Gasteiger partial charge in [0, 0.05) is 0 Å². The Hall–Kier alpha value is -0.390. The Balaban J connectivity index is 1.78. The summed E-state index contributed by atoms with van der Waals surface area (Å²) in [6.07, 6.45) is 26.5. The Labute approximate surface area is 237 Å². The number of hydrogen-bond acceptors (Lipinski definition) is 1. The fraction of sp³-hybridized carbons (Fsp3) is 0.833. The van der Waals surface area contributed by atoms with E-state index in [1.54, 1.807) is 55.2 Å². The molecule has 3 saturated carbocycles. The molecule has 1 heterocycles. The third-order valence-electron chi connectivity index (χ3n) is 12.1. The minimum absolute atomic E-state index is 0.290. The van der Waals surface area contributed by atoms with Gasteiger partial charge in [0.2, 0.25) is 0 Å². The van der Waals surface area contributed by atoms with Crippen LogP contribution >= 0.6 is 7.41 Å². The molecule has 0 spiro atoms. The SMILES string of the molecule is CCc1cccc(CC)c1C1N([PH](C2CCCCC2)(C2CCCCC2)C2CCCCC2)C(C)(C)CC1(C)C. The summed E-state index contributed by atoms with van der Waals surface area (Å²) < 4.78 is 3.51. The van der Waals surface area contributed by atoms with Gasteiger partial charge in [0.1, 0.15) is 0 Å². The van der Waals surface area contributed by atoms with Crippen LogP contribution in [0.3, 0.4) is 0 Å². The van der Waals surface area contributed by atoms with Crippen molar-refractivity contribution < 1.29 is 0 Å². The zero-order valence-electron chi connectivity index (χ0n) is 26.2. The normalized spacial score (nSPS) is 28.5. The summed E-state index contributed by atoms with van der Waals surface area (Å²) in [7, 11) is -1.87. The predicted molar refractivity (Wildman–Crippen MR) is 171 cm³/mol. The molecule has 0 radical (unpaired) electrons. The van der Waals surface area contributed by atoms with Crippen LogP contribution in [0.15, 0.2) is 18.2 Å². The second-order valence-corrected chi connectivity index (χ2v) is 20.0. The van der Waals surface area contributed by atoms with E-state index in [1.165, 1.54) is 77.0 Å². The second-order valence-electron chi connectivity index (χ2n) is 15.3. The average molecular weight is 540 g/mol. The third-order valence-corrected chi connectivity index (χ3v) is 19.4. The summed E-state index contributed by atoms with van der Waals surface area (Å²) in [5.74, 6) is 0. The van der Waals surface area contributed by atoms with E-state index in [0.29, 0.717) is 17.0 Å². The van der Waals surface area contributed by atoms with E-state index in [-0.39, 0.29) is 0 Å². The Bertz CT molecular complexity index is 845. The second kappa shape index (κ2) is 11.8. The van der Waals surface area contributed by atoms with Gasteiger partial charge in [0.25, 0.3) is 0 Å². The molecule has 0 amide bonds. The van der Waals surface area contributed by atoms with Crippen molar-refractivity contribution in [3.05, 3.63) is 34.9 Å². The first-order chi connectivity index (χ1) is 18.3. The molecular weight excluding hydrogens is 477 g/mol. The molecule has 4 aliphatic rings. The van der Waals surface area contributed by atoms with Gasteiger partial charge in [0.05, 0.1) is 0 Å². The molecule has 5 rings (SSSR count). The van der Waals surface area contributed by atoms with Gasteiger partial charge in [-0.15, -0.1) is 0 Å². The molecule has 1 atom stereocenters. The predicted octanol–water partition coefficient (Wildman–Crippen LogP) is 11.0. The van der Waals surface area contributed by atoms with Crippen LogP contribution in [0.2, 0.25) is 0 Å². The van der Waals surface area contributed by atoms with Crippen molar-refractivity contribution in [2.24, 2.45) is 5.41 Å². The molecule has 1 saturated heterocycles. The molecule has 0 aromatic heterocycles. The molecular formula is C36H62NP. The maximum atomic E-state index is 3.51. The molecule has 38 heavy (non-hydrogen) atoms. The van der Waals surface area contributed by atoms with Gasteiger partial charge in [-0.1, -0.05) is 0 Å². The van der Waals surface area contributed by atoms with Gasteiger partial charge in [-0.05, 0) is 0 Å². The van der Waals surface area contributed by atoms with Crippen molar-refractivity contribution in [1.82, 2.24) is 4.67 Å². The molecule has 0 N–H and O–H groups in total. The summed E-state index contributed by atoms with van der Waals surface area (Å²) in [6, 6.07) is 7.96. The summed E-state index contributed by atoms with van der Waals surface area (Å²) in [6.45, 7) is 15.6. The summed E-state index contributed by atoms with van der Waals surface area (Å²) in [5, 5.41) is 0. The maximum absolute atomic E-state index is 3.51. The first-order valence-corrected chi connectivity index (χ1v) is 19.3. The molecule has 216 valence electrons. The number of nitrogens with zero attached hydrogens (tertiary/aromatic N) is 1. The van der Waals surface area contributed by atoms with Crippen LogP contribution in [0.25, 0.3) is 0 Å². The Kier molecular flexibility index (Phi) is 9.07. The fourth-order valence-corrected chi connectivity index (χ4v) is 20.4. The zero-order valence-corrected chi connectivity index (χ0v) is 27.2. The van der Waals surface area contributed by atoms with E-state index in [2.05, 4.69) is 64.4 Å². The van der Waals surface area contributed by atoms with Crippen LogP contribution in [0, 0.1) is 5.41 Å². The number of benzene rings is 1. The minimum atomic E-state index is -1.87. The van der Waals surface area contributed by atoms with E-state index >= 15 is 0 Å². The molecule has 1 aromatic carbocycles. The van der Waals surface area contributed by atoms with E-state index in [1.807, 2.05) is 0 Å². The van der Waals surface area contributed by atoms with Gasteiger partial charge in [-0.25, -0.2) is 0 Å². The van der Waals surface area contributed by atoms with E-state index < -0.39 is 7.41 Å². The number of hydrogen-bond donors (Lipinski definition) is 0. The molecule has 1 aliphatic heterocycles. The zero-order chi connectivity index (χ0) is 27.0. The van der Waals surface area contributed by atoms with Gasteiger partial charge >= 0.3 is 238 Å². The molecule has 1 nitrogen and oxygen atoms in total. The van der Waals surface area contributed by atoms with Crippen LogP contribution in [0.4, 0.5) is 0 Å². The van der Waals surface area contributed by atoms with Crippen molar-refractivity contribution in [2.45, 2.75) is 186 Å². The average Bonchev–Trinajstić information content (AvgIpc) is 3.13. The van der Waals surface area contributed by atoms with Gasteiger partial charge < -0.3 is 0 Å². The Morgan fingerprint density at radius 1 is 0.658 bits per heavy atom. The molecule has 3 aliphatic carbocycles. The van der Waals surface area contributed by atoms with E-state index in [9.17, 15) is 0 Å². The summed E-state index contributed by atoms with van der Waals surface area (Å²) in [5.41, 5.74) is 8.78. The van der Waals surface area contributed by atoms with Gasteiger partial charge in [0.15, 0.2) is 0 Å². The van der Waals surface area contributed by atoms with Crippen LogP contribution < -0.4 is 0 Å². The first kappa shape index (κ1) is 29.1. The monoisotopic (exact) mass is 539 g/mol. The van der Waals surface area contributed by atoms with Crippen LogP contribution in [0.5, 0.6) is 0 Å². The Morgan fingerprint density at radius 3 is 1.42 bits per heavy atom. The first-order valence-electron chi connectivity index (χ1n) is 17.2. The topological polar surface area (TPSA) is 3.24 Å². The molecule has 4 fully saturated rings. The number of aryl methyl sites for hydroxylation is 2. The third kappa shape index (κ3) is 5.08. The van der Waals surface area contributed by atoms with Crippen LogP contribution in [-0.2, 0) is 12.8 Å². The quantitative estimate of drug-likeness (QED) is 0.311. The standard InChI is InChI=1S/C36H62NP/c1-7-28-19-18-20-29(8-2)33(28)34-35(3,4)27-36(5,6)37(34)38(30-21-12-9-13-22-30,31-23-14-10-15-24-31)32-25-16-11-17-26-32/h18-20,30-32,34,38H,7-17,21-27H2,1-6H3. The fourth-order valence-electron chi connectivity index (χ4n) is 11.2. The van der Waals surface area contributed by atoms with Crippen LogP contribution in [0.1, 0.15) is 167 Å². The van der Waals surface area contributed by atoms with Crippen molar-refractivity contribution in [2.75, 3.05) is 0 Å². The van der Waals surface area contributed by atoms with Crippen LogP contribution in [-0.4, -0.2) is 27.2 Å². The van der Waals surface area contributed by atoms with Crippen molar-refractivity contribution in [3.63, 3.8) is 0 Å². The van der Waals surface area contributed by atoms with Crippen molar-refractivity contribution in [1.29, 1.82) is 0 Å². The summed E-state index contributed by atoms with van der Waals surface area (Å²) in [4.78, 5) is 0. The summed E-state index contributed by atoms with van der Waals surface area (Å²) >= 11 is 0. The molecule has 2 heteroatoms.